The second-order valence-corrected chi connectivity index (χ2v) is 5.81. The molecule has 0 atom stereocenters. The summed E-state index contributed by atoms with van der Waals surface area (Å²) in [6.07, 6.45) is 0. The molecule has 0 bridgehead atoms. The summed E-state index contributed by atoms with van der Waals surface area (Å²) in [7, 11) is 4.02. The molecule has 2 aromatic rings. The van der Waals surface area contributed by atoms with E-state index in [0.717, 1.165) is 11.4 Å². The van der Waals surface area contributed by atoms with Crippen molar-refractivity contribution < 1.29 is 4.92 Å². The molecule has 0 radical (unpaired) electrons. The van der Waals surface area contributed by atoms with E-state index in [0.29, 0.717) is 6.54 Å². The van der Waals surface area contributed by atoms with Crippen LogP contribution in [0.25, 0.3) is 0 Å². The SMILES string of the molecule is CN(C)c1ccc(CNCc2ccc([N+](=O)[O-])s2)cc1. The Labute approximate surface area is 122 Å². The van der Waals surface area contributed by atoms with Crippen molar-refractivity contribution in [2.45, 2.75) is 13.1 Å². The summed E-state index contributed by atoms with van der Waals surface area (Å²) in [6, 6.07) is 11.7. The van der Waals surface area contributed by atoms with E-state index in [1.54, 1.807) is 12.1 Å². The molecular weight excluding hydrogens is 274 g/mol. The van der Waals surface area contributed by atoms with Crippen molar-refractivity contribution in [3.8, 4) is 0 Å². The summed E-state index contributed by atoms with van der Waals surface area (Å²) >= 11 is 1.21. The van der Waals surface area contributed by atoms with Gasteiger partial charge in [0.05, 0.1) is 4.92 Å². The van der Waals surface area contributed by atoms with Crippen LogP contribution in [0.5, 0.6) is 0 Å². The average Bonchev–Trinajstić information content (AvgIpc) is 2.88. The number of hydrogen-bond donors (Lipinski definition) is 1. The summed E-state index contributed by atoms with van der Waals surface area (Å²) in [5.74, 6) is 0. The van der Waals surface area contributed by atoms with Crippen LogP contribution in [0.3, 0.4) is 0 Å². The smallest absolute Gasteiger partial charge is 0.324 e. The van der Waals surface area contributed by atoms with Crippen molar-refractivity contribution in [2.75, 3.05) is 19.0 Å². The molecule has 0 fully saturated rings. The zero-order valence-corrected chi connectivity index (χ0v) is 12.3. The first kappa shape index (κ1) is 14.5. The molecule has 1 N–H and O–H groups in total. The lowest BCUT2D eigenvalue weighted by Crippen LogP contribution is -2.12. The number of nitrogens with zero attached hydrogens (tertiary/aromatic N) is 2. The van der Waals surface area contributed by atoms with Gasteiger partial charge < -0.3 is 10.2 Å². The Morgan fingerprint density at radius 3 is 2.40 bits per heavy atom. The van der Waals surface area contributed by atoms with Crippen LogP contribution < -0.4 is 10.2 Å². The minimum atomic E-state index is -0.353. The van der Waals surface area contributed by atoms with Gasteiger partial charge in [-0.25, -0.2) is 0 Å². The molecule has 0 spiro atoms. The fourth-order valence-electron chi connectivity index (χ4n) is 1.80. The highest BCUT2D eigenvalue weighted by molar-refractivity contribution is 7.15. The first-order chi connectivity index (χ1) is 9.56. The van der Waals surface area contributed by atoms with Crippen molar-refractivity contribution >= 4 is 22.0 Å². The van der Waals surface area contributed by atoms with E-state index >= 15 is 0 Å². The second kappa shape index (κ2) is 6.49. The molecule has 106 valence electrons. The van der Waals surface area contributed by atoms with Crippen molar-refractivity contribution in [1.29, 1.82) is 0 Å². The summed E-state index contributed by atoms with van der Waals surface area (Å²) < 4.78 is 0. The van der Waals surface area contributed by atoms with E-state index in [1.807, 2.05) is 14.1 Å². The van der Waals surface area contributed by atoms with Crippen LogP contribution in [0.4, 0.5) is 10.7 Å². The zero-order valence-electron chi connectivity index (χ0n) is 11.5. The van der Waals surface area contributed by atoms with Gasteiger partial charge in [-0.2, -0.15) is 0 Å². The van der Waals surface area contributed by atoms with Gasteiger partial charge in [-0.1, -0.05) is 23.5 Å². The first-order valence-electron chi connectivity index (χ1n) is 6.26. The Morgan fingerprint density at radius 2 is 1.85 bits per heavy atom. The predicted molar refractivity (Wildman–Crippen MR) is 82.3 cm³/mol. The van der Waals surface area contributed by atoms with Crippen molar-refractivity contribution in [3.63, 3.8) is 0 Å². The van der Waals surface area contributed by atoms with Crippen LogP contribution in [0.15, 0.2) is 36.4 Å². The fourth-order valence-corrected chi connectivity index (χ4v) is 2.59. The van der Waals surface area contributed by atoms with E-state index in [1.165, 1.54) is 22.6 Å². The van der Waals surface area contributed by atoms with E-state index < -0.39 is 0 Å². The van der Waals surface area contributed by atoms with Crippen LogP contribution in [-0.2, 0) is 13.1 Å². The molecule has 5 nitrogen and oxygen atoms in total. The third-order valence-corrected chi connectivity index (χ3v) is 3.95. The lowest BCUT2D eigenvalue weighted by atomic mass is 10.2. The molecule has 0 aliphatic rings. The van der Waals surface area contributed by atoms with Crippen molar-refractivity contribution in [1.82, 2.24) is 5.32 Å². The van der Waals surface area contributed by atoms with E-state index in [2.05, 4.69) is 34.5 Å². The number of rotatable bonds is 6. The van der Waals surface area contributed by atoms with Crippen LogP contribution in [-0.4, -0.2) is 19.0 Å². The largest absolute Gasteiger partial charge is 0.378 e. The number of nitrogens with one attached hydrogen (secondary N) is 1. The number of anilines is 1. The first-order valence-corrected chi connectivity index (χ1v) is 7.08. The summed E-state index contributed by atoms with van der Waals surface area (Å²) in [5.41, 5.74) is 2.37. The highest BCUT2D eigenvalue weighted by atomic mass is 32.1. The lowest BCUT2D eigenvalue weighted by Gasteiger charge is -2.12. The third-order valence-electron chi connectivity index (χ3n) is 2.91. The Kier molecular flexibility index (Phi) is 4.70. The van der Waals surface area contributed by atoms with Gasteiger partial charge >= 0.3 is 5.00 Å². The second-order valence-electron chi connectivity index (χ2n) is 4.66. The molecule has 1 heterocycles. The number of nitro groups is 1. The molecule has 0 aliphatic carbocycles. The van der Waals surface area contributed by atoms with Gasteiger partial charge in [0.25, 0.3) is 0 Å². The molecule has 0 aliphatic heterocycles. The summed E-state index contributed by atoms with van der Waals surface area (Å²) in [5, 5.41) is 14.1. The molecule has 2 rings (SSSR count). The maximum absolute atomic E-state index is 10.6. The Hall–Kier alpha value is -1.92. The third kappa shape index (κ3) is 3.79. The van der Waals surface area contributed by atoms with E-state index in [4.69, 9.17) is 0 Å². The summed E-state index contributed by atoms with van der Waals surface area (Å²) in [6.45, 7) is 1.40. The van der Waals surface area contributed by atoms with Crippen LogP contribution in [0.1, 0.15) is 10.4 Å². The number of benzene rings is 1. The minimum Gasteiger partial charge on any atom is -0.378 e. The van der Waals surface area contributed by atoms with Crippen molar-refractivity contribution in [2.24, 2.45) is 0 Å². The zero-order chi connectivity index (χ0) is 14.5. The van der Waals surface area contributed by atoms with Gasteiger partial charge in [0.15, 0.2) is 0 Å². The number of hydrogen-bond acceptors (Lipinski definition) is 5. The van der Waals surface area contributed by atoms with Crippen molar-refractivity contribution in [3.05, 3.63) is 57.0 Å². The molecular formula is C14H17N3O2S. The molecule has 1 aromatic carbocycles. The normalized spacial score (nSPS) is 10.5. The molecule has 0 amide bonds. The topological polar surface area (TPSA) is 58.4 Å². The molecule has 6 heteroatoms. The summed E-state index contributed by atoms with van der Waals surface area (Å²) in [4.78, 5) is 13.3. The average molecular weight is 291 g/mol. The van der Waals surface area contributed by atoms with Crippen LogP contribution in [0, 0.1) is 10.1 Å². The lowest BCUT2D eigenvalue weighted by molar-refractivity contribution is -0.380. The van der Waals surface area contributed by atoms with Crippen LogP contribution in [0.2, 0.25) is 0 Å². The Balaban J connectivity index is 1.84. The molecule has 0 unspecified atom stereocenters. The van der Waals surface area contributed by atoms with E-state index in [9.17, 15) is 10.1 Å². The monoisotopic (exact) mass is 291 g/mol. The van der Waals surface area contributed by atoms with Gasteiger partial charge in [0.1, 0.15) is 0 Å². The molecule has 0 saturated heterocycles. The van der Waals surface area contributed by atoms with Gasteiger partial charge in [-0.3, -0.25) is 10.1 Å². The predicted octanol–water partition coefficient (Wildman–Crippen LogP) is 3.01. The minimum absolute atomic E-state index is 0.192. The molecule has 0 saturated carbocycles. The maximum atomic E-state index is 10.6. The van der Waals surface area contributed by atoms with Gasteiger partial charge in [-0.15, -0.1) is 0 Å². The highest BCUT2D eigenvalue weighted by Crippen LogP contribution is 2.23. The fraction of sp³-hybridized carbons (Fsp3) is 0.286. The van der Waals surface area contributed by atoms with Gasteiger partial charge in [0, 0.05) is 43.8 Å². The highest BCUT2D eigenvalue weighted by Gasteiger charge is 2.08. The maximum Gasteiger partial charge on any atom is 0.324 e. The quantitative estimate of drug-likeness (QED) is 0.656. The van der Waals surface area contributed by atoms with E-state index in [-0.39, 0.29) is 9.92 Å². The molecule has 20 heavy (non-hydrogen) atoms. The van der Waals surface area contributed by atoms with Crippen LogP contribution >= 0.6 is 11.3 Å². The van der Waals surface area contributed by atoms with Gasteiger partial charge in [0.2, 0.25) is 0 Å². The number of thiophene rings is 1. The molecule has 1 aromatic heterocycles. The Morgan fingerprint density at radius 1 is 1.15 bits per heavy atom. The van der Waals surface area contributed by atoms with Gasteiger partial charge in [-0.05, 0) is 23.8 Å². The Bertz CT molecular complexity index is 578. The standard InChI is InChI=1S/C14H17N3O2S/c1-16(2)12-5-3-11(4-6-12)9-15-10-13-7-8-14(20-13)17(18)19/h3-8,15H,9-10H2,1-2H3.